The van der Waals surface area contributed by atoms with Crippen molar-refractivity contribution in [2.24, 2.45) is 0 Å². The number of rotatable bonds is 9. The van der Waals surface area contributed by atoms with Gasteiger partial charge in [-0.25, -0.2) is 10.5 Å². The number of hydrogen-bond donors (Lipinski definition) is 2. The van der Waals surface area contributed by atoms with E-state index in [9.17, 15) is 9.59 Å². The topological polar surface area (TPSA) is 103 Å². The standard InChI is InChI=1S/C22H25N3O5/c1-15(2)30-20(21(26)24-28)13-16-7-9-17(10-8-16)29-12-11-25-14-23-19-6-4-3-5-18(19)22(25)27/h3-10,14-15,20,28H,11-13H2,1-2H3,(H,24,26). The number of nitrogens with zero attached hydrogens (tertiary/aromatic N) is 2. The molecule has 1 amide bonds. The van der Waals surface area contributed by atoms with Crippen LogP contribution < -0.4 is 15.8 Å². The Labute approximate surface area is 174 Å². The van der Waals surface area contributed by atoms with Crippen molar-refractivity contribution in [3.05, 3.63) is 70.8 Å². The highest BCUT2D eigenvalue weighted by atomic mass is 16.5. The van der Waals surface area contributed by atoms with Crippen LogP contribution in [0.2, 0.25) is 0 Å². The molecular formula is C22H25N3O5. The molecule has 0 saturated carbocycles. The first-order chi connectivity index (χ1) is 14.5. The van der Waals surface area contributed by atoms with E-state index in [1.165, 1.54) is 10.9 Å². The van der Waals surface area contributed by atoms with Crippen LogP contribution in [-0.4, -0.2) is 39.5 Å². The van der Waals surface area contributed by atoms with E-state index in [-0.39, 0.29) is 11.7 Å². The van der Waals surface area contributed by atoms with Crippen molar-refractivity contribution < 1.29 is 19.5 Å². The number of carbonyl (C=O) groups is 1. The Kier molecular flexibility index (Phi) is 7.16. The lowest BCUT2D eigenvalue weighted by atomic mass is 10.1. The smallest absolute Gasteiger partial charge is 0.272 e. The van der Waals surface area contributed by atoms with Crippen molar-refractivity contribution in [1.29, 1.82) is 0 Å². The number of hydroxylamine groups is 1. The highest BCUT2D eigenvalue weighted by Crippen LogP contribution is 2.15. The third-order valence-electron chi connectivity index (χ3n) is 4.52. The first-order valence-electron chi connectivity index (χ1n) is 9.73. The van der Waals surface area contributed by atoms with Crippen molar-refractivity contribution in [2.45, 2.75) is 39.0 Å². The van der Waals surface area contributed by atoms with E-state index >= 15 is 0 Å². The van der Waals surface area contributed by atoms with Crippen molar-refractivity contribution in [3.8, 4) is 5.75 Å². The molecule has 3 aromatic rings. The zero-order chi connectivity index (χ0) is 21.5. The number of para-hydroxylation sites is 1. The Bertz CT molecular complexity index is 1050. The Morgan fingerprint density at radius 2 is 1.90 bits per heavy atom. The molecule has 1 unspecified atom stereocenters. The molecule has 0 bridgehead atoms. The van der Waals surface area contributed by atoms with Gasteiger partial charge in [0.15, 0.2) is 0 Å². The maximum atomic E-state index is 12.5. The predicted octanol–water partition coefficient (Wildman–Crippen LogP) is 2.32. The first-order valence-corrected chi connectivity index (χ1v) is 9.73. The number of amides is 1. The van der Waals surface area contributed by atoms with Crippen molar-refractivity contribution in [2.75, 3.05) is 6.61 Å². The van der Waals surface area contributed by atoms with E-state index < -0.39 is 12.0 Å². The van der Waals surface area contributed by atoms with E-state index in [1.54, 1.807) is 29.7 Å². The lowest BCUT2D eigenvalue weighted by molar-refractivity contribution is -0.144. The van der Waals surface area contributed by atoms with Crippen LogP contribution in [-0.2, 0) is 22.5 Å². The number of aromatic nitrogens is 2. The molecule has 0 aliphatic heterocycles. The molecule has 1 heterocycles. The fourth-order valence-corrected chi connectivity index (χ4v) is 3.07. The van der Waals surface area contributed by atoms with Crippen LogP contribution in [0.15, 0.2) is 59.7 Å². The normalized spacial score (nSPS) is 12.1. The van der Waals surface area contributed by atoms with E-state index in [4.69, 9.17) is 14.7 Å². The Hall–Kier alpha value is -3.23. The summed E-state index contributed by atoms with van der Waals surface area (Å²) in [5.41, 5.74) is 3.08. The summed E-state index contributed by atoms with van der Waals surface area (Å²) in [6, 6.07) is 14.5. The van der Waals surface area contributed by atoms with Gasteiger partial charge < -0.3 is 9.47 Å². The number of carbonyl (C=O) groups excluding carboxylic acids is 1. The molecular weight excluding hydrogens is 386 g/mol. The second-order valence-electron chi connectivity index (χ2n) is 7.11. The largest absolute Gasteiger partial charge is 0.492 e. The minimum atomic E-state index is -0.783. The lowest BCUT2D eigenvalue weighted by Crippen LogP contribution is -2.37. The van der Waals surface area contributed by atoms with Crippen LogP contribution in [0.25, 0.3) is 10.9 Å². The third kappa shape index (κ3) is 5.43. The molecule has 0 aliphatic carbocycles. The molecule has 2 N–H and O–H groups in total. The van der Waals surface area contributed by atoms with Crippen molar-refractivity contribution in [1.82, 2.24) is 15.0 Å². The molecule has 158 valence electrons. The zero-order valence-corrected chi connectivity index (χ0v) is 16.9. The van der Waals surface area contributed by atoms with Gasteiger partial charge in [0.05, 0.1) is 29.9 Å². The minimum absolute atomic E-state index is 0.0992. The van der Waals surface area contributed by atoms with E-state index in [1.807, 2.05) is 38.1 Å². The van der Waals surface area contributed by atoms with Gasteiger partial charge in [0, 0.05) is 6.42 Å². The number of nitrogens with one attached hydrogen (secondary N) is 1. The molecule has 8 nitrogen and oxygen atoms in total. The second-order valence-corrected chi connectivity index (χ2v) is 7.11. The van der Waals surface area contributed by atoms with Gasteiger partial charge in [0.1, 0.15) is 18.5 Å². The maximum Gasteiger partial charge on any atom is 0.272 e. The molecule has 2 aromatic carbocycles. The summed E-state index contributed by atoms with van der Waals surface area (Å²) in [6.45, 7) is 4.33. The summed E-state index contributed by atoms with van der Waals surface area (Å²) in [6.07, 6.45) is 0.915. The number of fused-ring (bicyclic) bond motifs is 1. The highest BCUT2D eigenvalue weighted by molar-refractivity contribution is 5.80. The van der Waals surface area contributed by atoms with E-state index in [2.05, 4.69) is 4.98 Å². The van der Waals surface area contributed by atoms with Crippen LogP contribution in [0.3, 0.4) is 0 Å². The molecule has 30 heavy (non-hydrogen) atoms. The summed E-state index contributed by atoms with van der Waals surface area (Å²) in [7, 11) is 0. The molecule has 0 aliphatic rings. The van der Waals surface area contributed by atoms with Crippen LogP contribution in [0.4, 0.5) is 0 Å². The molecule has 1 aromatic heterocycles. The number of hydrogen-bond acceptors (Lipinski definition) is 6. The summed E-state index contributed by atoms with van der Waals surface area (Å²) >= 11 is 0. The molecule has 3 rings (SSSR count). The van der Waals surface area contributed by atoms with Crippen LogP contribution in [0.1, 0.15) is 19.4 Å². The molecule has 1 atom stereocenters. The third-order valence-corrected chi connectivity index (χ3v) is 4.52. The Morgan fingerprint density at radius 1 is 1.17 bits per heavy atom. The molecule has 0 radical (unpaired) electrons. The quantitative estimate of drug-likeness (QED) is 0.414. The van der Waals surface area contributed by atoms with E-state index in [0.29, 0.717) is 36.2 Å². The van der Waals surface area contributed by atoms with Gasteiger partial charge >= 0.3 is 0 Å². The fraction of sp³-hybridized carbons (Fsp3) is 0.318. The second kappa shape index (κ2) is 10.00. The monoisotopic (exact) mass is 411 g/mol. The molecule has 0 spiro atoms. The summed E-state index contributed by atoms with van der Waals surface area (Å²) in [5.74, 6) is 0.0620. The molecule has 8 heteroatoms. The molecule has 0 fully saturated rings. The highest BCUT2D eigenvalue weighted by Gasteiger charge is 2.20. The summed E-state index contributed by atoms with van der Waals surface area (Å²) in [5, 5.41) is 9.46. The minimum Gasteiger partial charge on any atom is -0.492 e. The van der Waals surface area contributed by atoms with Gasteiger partial charge in [-0.1, -0.05) is 24.3 Å². The lowest BCUT2D eigenvalue weighted by Gasteiger charge is -2.18. The summed E-state index contributed by atoms with van der Waals surface area (Å²) in [4.78, 5) is 28.5. The van der Waals surface area contributed by atoms with E-state index in [0.717, 1.165) is 5.56 Å². The average Bonchev–Trinajstić information content (AvgIpc) is 2.75. The zero-order valence-electron chi connectivity index (χ0n) is 16.9. The summed E-state index contributed by atoms with van der Waals surface area (Å²) < 4.78 is 12.8. The van der Waals surface area contributed by atoms with Gasteiger partial charge in [-0.2, -0.15) is 0 Å². The van der Waals surface area contributed by atoms with Gasteiger partial charge in [-0.3, -0.25) is 19.4 Å². The number of ether oxygens (including phenoxy) is 2. The average molecular weight is 411 g/mol. The van der Waals surface area contributed by atoms with Gasteiger partial charge in [-0.05, 0) is 43.7 Å². The predicted molar refractivity (Wildman–Crippen MR) is 112 cm³/mol. The fourth-order valence-electron chi connectivity index (χ4n) is 3.07. The number of benzene rings is 2. The van der Waals surface area contributed by atoms with Crippen LogP contribution in [0, 0.1) is 0 Å². The Morgan fingerprint density at radius 3 is 2.60 bits per heavy atom. The van der Waals surface area contributed by atoms with Gasteiger partial charge in [-0.15, -0.1) is 0 Å². The van der Waals surface area contributed by atoms with Gasteiger partial charge in [0.25, 0.3) is 11.5 Å². The maximum absolute atomic E-state index is 12.5. The van der Waals surface area contributed by atoms with Crippen LogP contribution >= 0.6 is 0 Å². The first kappa shape index (κ1) is 21.5. The van der Waals surface area contributed by atoms with Crippen molar-refractivity contribution >= 4 is 16.8 Å². The van der Waals surface area contributed by atoms with Gasteiger partial charge in [0.2, 0.25) is 0 Å². The SMILES string of the molecule is CC(C)OC(Cc1ccc(OCCn2cnc3ccccc3c2=O)cc1)C(=O)NO. The van der Waals surface area contributed by atoms with Crippen molar-refractivity contribution in [3.63, 3.8) is 0 Å². The van der Waals surface area contributed by atoms with Crippen LogP contribution in [0.5, 0.6) is 5.75 Å². The molecule has 0 saturated heterocycles. The Balaban J connectivity index is 1.58.